The molecule has 4 aromatic carbocycles. The lowest BCUT2D eigenvalue weighted by atomic mass is 10.3. The molecule has 0 saturated heterocycles. The minimum Gasteiger partial charge on any atom is -0.278 e. The van der Waals surface area contributed by atoms with Crippen molar-refractivity contribution in [2.45, 2.75) is 9.79 Å². The zero-order chi connectivity index (χ0) is 26.3. The predicted octanol–water partition coefficient (Wildman–Crippen LogP) is 7.59. The van der Waals surface area contributed by atoms with E-state index in [1.807, 2.05) is 0 Å². The molecule has 0 aliphatic rings. The number of sulfonamides is 2. The van der Waals surface area contributed by atoms with Crippen LogP contribution in [0.15, 0.2) is 107 Å². The Morgan fingerprint density at radius 3 is 1.11 bits per heavy atom. The van der Waals surface area contributed by atoms with E-state index >= 15 is 0 Å². The molecule has 0 fully saturated rings. The van der Waals surface area contributed by atoms with Gasteiger partial charge in [0.25, 0.3) is 20.0 Å². The van der Waals surface area contributed by atoms with Crippen LogP contribution < -0.4 is 9.44 Å². The van der Waals surface area contributed by atoms with E-state index in [-0.39, 0.29) is 19.8 Å². The number of anilines is 2. The number of hydrogen-bond donors (Lipinski definition) is 2. The van der Waals surface area contributed by atoms with Crippen molar-refractivity contribution < 1.29 is 16.8 Å². The number of benzene rings is 4. The van der Waals surface area contributed by atoms with Crippen molar-refractivity contribution in [3.8, 4) is 0 Å². The quantitative estimate of drug-likeness (QED) is 0.237. The first-order valence-corrected chi connectivity index (χ1v) is 14.5. The topological polar surface area (TPSA) is 92.3 Å². The summed E-state index contributed by atoms with van der Waals surface area (Å²) < 4.78 is 53.0. The van der Waals surface area contributed by atoms with E-state index in [4.69, 9.17) is 46.4 Å². The SMILES string of the molecule is O=S(=O)(Nc1ccc(Cl)cc1Cl)c1ccccc1.O=S(=O)(Nc1ccc(Cl)cc1Cl)c1ccccc1. The molecular weight excluding hydrogens is 586 g/mol. The van der Waals surface area contributed by atoms with Gasteiger partial charge >= 0.3 is 0 Å². The van der Waals surface area contributed by atoms with Gasteiger partial charge < -0.3 is 0 Å². The molecule has 12 heteroatoms. The highest BCUT2D eigenvalue weighted by Crippen LogP contribution is 2.28. The van der Waals surface area contributed by atoms with Crippen LogP contribution in [0.4, 0.5) is 11.4 Å². The smallest absolute Gasteiger partial charge is 0.261 e. The minimum absolute atomic E-state index is 0.177. The highest BCUT2D eigenvalue weighted by atomic mass is 35.5. The Labute approximate surface area is 229 Å². The second kappa shape index (κ2) is 12.2. The van der Waals surface area contributed by atoms with E-state index in [1.165, 1.54) is 48.5 Å². The number of hydrogen-bond acceptors (Lipinski definition) is 4. The molecular formula is C24H18Cl4N2O4S2. The van der Waals surface area contributed by atoms with Gasteiger partial charge in [0.2, 0.25) is 0 Å². The summed E-state index contributed by atoms with van der Waals surface area (Å²) in [4.78, 5) is 0.354. The van der Waals surface area contributed by atoms with Crippen LogP contribution in [0.5, 0.6) is 0 Å². The average molecular weight is 604 g/mol. The van der Waals surface area contributed by atoms with Gasteiger partial charge in [-0.15, -0.1) is 0 Å². The lowest BCUT2D eigenvalue weighted by Gasteiger charge is -2.09. The van der Waals surface area contributed by atoms with Gasteiger partial charge in [-0.1, -0.05) is 82.8 Å². The van der Waals surface area contributed by atoms with Gasteiger partial charge in [-0.3, -0.25) is 9.44 Å². The Morgan fingerprint density at radius 1 is 0.472 bits per heavy atom. The van der Waals surface area contributed by atoms with Gasteiger partial charge in [-0.2, -0.15) is 0 Å². The summed E-state index contributed by atoms with van der Waals surface area (Å²) in [6.45, 7) is 0. The molecule has 0 heterocycles. The van der Waals surface area contributed by atoms with Crippen LogP contribution in [-0.4, -0.2) is 16.8 Å². The van der Waals surface area contributed by atoms with Crippen LogP contribution in [0.25, 0.3) is 0 Å². The van der Waals surface area contributed by atoms with Crippen molar-refractivity contribution >= 4 is 77.8 Å². The third-order valence-corrected chi connectivity index (χ3v) is 8.32. The van der Waals surface area contributed by atoms with Gasteiger partial charge in [0.15, 0.2) is 0 Å². The van der Waals surface area contributed by atoms with E-state index < -0.39 is 20.0 Å². The van der Waals surface area contributed by atoms with Crippen molar-refractivity contribution in [1.82, 2.24) is 0 Å². The molecule has 0 amide bonds. The van der Waals surface area contributed by atoms with Crippen LogP contribution in [0.3, 0.4) is 0 Å². The predicted molar refractivity (Wildman–Crippen MR) is 147 cm³/mol. The fraction of sp³-hybridized carbons (Fsp3) is 0. The summed E-state index contributed by atoms with van der Waals surface area (Å²) in [5.74, 6) is 0. The Bertz CT molecular complexity index is 1430. The molecule has 4 aromatic rings. The highest BCUT2D eigenvalue weighted by molar-refractivity contribution is 7.93. The summed E-state index contributed by atoms with van der Waals surface area (Å²) in [7, 11) is -7.25. The average Bonchev–Trinajstić information content (AvgIpc) is 2.84. The lowest BCUT2D eigenvalue weighted by Crippen LogP contribution is -2.13. The van der Waals surface area contributed by atoms with Crippen LogP contribution in [0.1, 0.15) is 0 Å². The number of rotatable bonds is 6. The monoisotopic (exact) mass is 602 g/mol. The Kier molecular flexibility index (Phi) is 9.52. The summed E-state index contributed by atoms with van der Waals surface area (Å²) in [5, 5.41) is 1.40. The molecule has 0 aliphatic carbocycles. The third kappa shape index (κ3) is 7.77. The molecule has 0 aliphatic heterocycles. The van der Waals surface area contributed by atoms with Crippen molar-refractivity contribution in [2.24, 2.45) is 0 Å². The standard InChI is InChI=1S/2C12H9Cl2NO2S/c2*13-9-6-7-12(11(14)8-9)15-18(16,17)10-4-2-1-3-5-10/h2*1-8,15H. The summed E-state index contributed by atoms with van der Waals surface area (Å²) in [6.07, 6.45) is 0. The second-order valence-electron chi connectivity index (χ2n) is 7.09. The van der Waals surface area contributed by atoms with Crippen molar-refractivity contribution in [3.63, 3.8) is 0 Å². The highest BCUT2D eigenvalue weighted by Gasteiger charge is 2.16. The Balaban J connectivity index is 0.000000201. The van der Waals surface area contributed by atoms with Gasteiger partial charge in [0, 0.05) is 10.0 Å². The van der Waals surface area contributed by atoms with E-state index in [2.05, 4.69) is 9.44 Å². The first kappa shape index (κ1) is 28.1. The first-order chi connectivity index (χ1) is 17.0. The molecule has 0 atom stereocenters. The van der Waals surface area contributed by atoms with Crippen LogP contribution >= 0.6 is 46.4 Å². The number of halogens is 4. The van der Waals surface area contributed by atoms with Crippen LogP contribution in [0.2, 0.25) is 20.1 Å². The summed E-state index contributed by atoms with van der Waals surface area (Å²) in [5.41, 5.74) is 0.592. The Morgan fingerprint density at radius 2 is 0.806 bits per heavy atom. The molecule has 4 rings (SSSR count). The fourth-order valence-electron chi connectivity index (χ4n) is 2.75. The van der Waals surface area contributed by atoms with E-state index in [0.29, 0.717) is 21.4 Å². The van der Waals surface area contributed by atoms with E-state index in [1.54, 1.807) is 48.5 Å². The fourth-order valence-corrected chi connectivity index (χ4v) is 5.98. The second-order valence-corrected chi connectivity index (χ2v) is 12.1. The largest absolute Gasteiger partial charge is 0.278 e. The molecule has 188 valence electrons. The number of nitrogens with one attached hydrogen (secondary N) is 2. The summed E-state index contributed by atoms with van der Waals surface area (Å²) >= 11 is 23.3. The van der Waals surface area contributed by atoms with Gasteiger partial charge in [-0.25, -0.2) is 16.8 Å². The first-order valence-electron chi connectivity index (χ1n) is 10.0. The van der Waals surface area contributed by atoms with Crippen molar-refractivity contribution in [3.05, 3.63) is 117 Å². The summed E-state index contributed by atoms with van der Waals surface area (Å²) in [6, 6.07) is 25.2. The molecule has 0 saturated carbocycles. The molecule has 6 nitrogen and oxygen atoms in total. The van der Waals surface area contributed by atoms with Crippen LogP contribution in [0, 0.1) is 0 Å². The van der Waals surface area contributed by atoms with Crippen LogP contribution in [-0.2, 0) is 20.0 Å². The molecule has 0 bridgehead atoms. The maximum absolute atomic E-state index is 12.0. The molecule has 0 radical (unpaired) electrons. The van der Waals surface area contributed by atoms with E-state index in [9.17, 15) is 16.8 Å². The molecule has 36 heavy (non-hydrogen) atoms. The zero-order valence-corrected chi connectivity index (χ0v) is 22.9. The maximum Gasteiger partial charge on any atom is 0.261 e. The zero-order valence-electron chi connectivity index (χ0n) is 18.2. The maximum atomic E-state index is 12.0. The van der Waals surface area contributed by atoms with Gasteiger partial charge in [0.1, 0.15) is 0 Å². The van der Waals surface area contributed by atoms with Gasteiger partial charge in [-0.05, 0) is 60.7 Å². The van der Waals surface area contributed by atoms with Crippen molar-refractivity contribution in [1.29, 1.82) is 0 Å². The molecule has 0 aromatic heterocycles. The van der Waals surface area contributed by atoms with E-state index in [0.717, 1.165) is 0 Å². The van der Waals surface area contributed by atoms with Gasteiger partial charge in [0.05, 0.1) is 31.2 Å². The lowest BCUT2D eigenvalue weighted by molar-refractivity contribution is 0.599. The molecule has 0 spiro atoms. The Hall–Kier alpha value is -2.46. The van der Waals surface area contributed by atoms with Crippen molar-refractivity contribution in [2.75, 3.05) is 9.44 Å². The third-order valence-electron chi connectivity index (χ3n) is 4.46. The normalized spacial score (nSPS) is 11.2. The minimum atomic E-state index is -3.63. The molecule has 2 N–H and O–H groups in total. The molecule has 0 unspecified atom stereocenters.